The van der Waals surface area contributed by atoms with Gasteiger partial charge in [-0.1, -0.05) is 0 Å². The Bertz CT molecular complexity index is 244. The van der Waals surface area contributed by atoms with E-state index in [0.29, 0.717) is 5.25 Å². The molecule has 2 unspecified atom stereocenters. The molecule has 2 rings (SSSR count). The third-order valence-electron chi connectivity index (χ3n) is 2.26. The minimum absolute atomic E-state index is 0.196. The molecule has 0 aromatic carbocycles. The summed E-state index contributed by atoms with van der Waals surface area (Å²) in [6.07, 6.45) is 4.75. The van der Waals surface area contributed by atoms with Crippen molar-refractivity contribution >= 4 is 23.1 Å². The van der Waals surface area contributed by atoms with Crippen molar-refractivity contribution in [1.82, 2.24) is 4.98 Å². The summed E-state index contributed by atoms with van der Waals surface area (Å²) >= 11 is 3.53. The zero-order valence-electron chi connectivity index (χ0n) is 7.35. The van der Waals surface area contributed by atoms with Gasteiger partial charge in [-0.25, -0.2) is 4.98 Å². The van der Waals surface area contributed by atoms with Crippen molar-refractivity contribution in [2.24, 2.45) is 0 Å². The van der Waals surface area contributed by atoms with Crippen LogP contribution < -0.4 is 0 Å². The van der Waals surface area contributed by atoms with Gasteiger partial charge in [-0.15, -0.1) is 11.3 Å². The largest absolute Gasteiger partial charge is 0.392 e. The average molecular weight is 215 g/mol. The van der Waals surface area contributed by atoms with Crippen LogP contribution in [-0.4, -0.2) is 27.2 Å². The molecule has 0 bridgehead atoms. The Balaban J connectivity index is 1.87. The van der Waals surface area contributed by atoms with E-state index in [9.17, 15) is 5.11 Å². The summed E-state index contributed by atoms with van der Waals surface area (Å²) in [7, 11) is 0. The van der Waals surface area contributed by atoms with E-state index in [1.165, 1.54) is 12.2 Å². The fourth-order valence-corrected chi connectivity index (χ4v) is 3.53. The van der Waals surface area contributed by atoms with Crippen LogP contribution in [0.5, 0.6) is 0 Å². The van der Waals surface area contributed by atoms with Crippen molar-refractivity contribution in [3.63, 3.8) is 0 Å². The Morgan fingerprint density at radius 3 is 3.23 bits per heavy atom. The van der Waals surface area contributed by atoms with E-state index in [1.807, 2.05) is 17.1 Å². The fraction of sp³-hybridized carbons (Fsp3) is 0.667. The lowest BCUT2D eigenvalue weighted by Gasteiger charge is -2.15. The van der Waals surface area contributed by atoms with Crippen LogP contribution in [0.15, 0.2) is 11.6 Å². The molecular weight excluding hydrogens is 202 g/mol. The van der Waals surface area contributed by atoms with Crippen molar-refractivity contribution < 1.29 is 5.11 Å². The summed E-state index contributed by atoms with van der Waals surface area (Å²) in [5, 5.41) is 13.3. The Morgan fingerprint density at radius 1 is 1.69 bits per heavy atom. The van der Waals surface area contributed by atoms with E-state index < -0.39 is 0 Å². The molecule has 2 atom stereocenters. The quantitative estimate of drug-likeness (QED) is 0.836. The minimum atomic E-state index is -0.196. The summed E-state index contributed by atoms with van der Waals surface area (Å²) in [6, 6.07) is 0. The van der Waals surface area contributed by atoms with Gasteiger partial charge in [0.15, 0.2) is 0 Å². The van der Waals surface area contributed by atoms with Crippen LogP contribution in [0.1, 0.15) is 17.8 Å². The van der Waals surface area contributed by atoms with Crippen LogP contribution in [0.25, 0.3) is 0 Å². The minimum Gasteiger partial charge on any atom is -0.392 e. The van der Waals surface area contributed by atoms with E-state index in [1.54, 1.807) is 17.5 Å². The lowest BCUT2D eigenvalue weighted by molar-refractivity contribution is 0.170. The van der Waals surface area contributed by atoms with E-state index in [2.05, 4.69) is 4.98 Å². The molecule has 0 radical (unpaired) electrons. The molecule has 2 nitrogen and oxygen atoms in total. The number of thiazole rings is 1. The second kappa shape index (κ2) is 4.44. The number of aromatic nitrogens is 1. The van der Waals surface area contributed by atoms with Gasteiger partial charge in [0.05, 0.1) is 11.1 Å². The van der Waals surface area contributed by atoms with Crippen LogP contribution in [0.3, 0.4) is 0 Å². The molecule has 1 fully saturated rings. The number of aliphatic hydroxyl groups is 1. The molecule has 1 N–H and O–H groups in total. The maximum atomic E-state index is 9.87. The Kier molecular flexibility index (Phi) is 3.24. The lowest BCUT2D eigenvalue weighted by Crippen LogP contribution is -2.22. The van der Waals surface area contributed by atoms with E-state index >= 15 is 0 Å². The molecule has 0 saturated carbocycles. The average Bonchev–Trinajstić information content (AvgIpc) is 2.74. The first kappa shape index (κ1) is 9.49. The van der Waals surface area contributed by atoms with Crippen molar-refractivity contribution in [2.75, 3.05) is 5.75 Å². The summed E-state index contributed by atoms with van der Waals surface area (Å²) < 4.78 is 0. The molecule has 0 amide bonds. The predicted octanol–water partition coefficient (Wildman–Crippen LogP) is 1.94. The monoisotopic (exact) mass is 215 g/mol. The maximum Gasteiger partial charge on any atom is 0.0951 e. The molecule has 1 aromatic rings. The van der Waals surface area contributed by atoms with Gasteiger partial charge in [0.1, 0.15) is 0 Å². The number of hydrogen-bond acceptors (Lipinski definition) is 4. The number of thioether (sulfide) groups is 1. The predicted molar refractivity (Wildman–Crippen MR) is 57.3 cm³/mol. The number of nitrogens with zero attached hydrogens (tertiary/aromatic N) is 1. The smallest absolute Gasteiger partial charge is 0.0951 e. The molecule has 1 saturated heterocycles. The number of rotatable bonds is 3. The van der Waals surface area contributed by atoms with Gasteiger partial charge in [-0.05, 0) is 18.6 Å². The molecule has 1 aromatic heterocycles. The highest BCUT2D eigenvalue weighted by Gasteiger charge is 2.24. The highest BCUT2D eigenvalue weighted by molar-refractivity contribution is 8.00. The van der Waals surface area contributed by atoms with Crippen LogP contribution in [-0.2, 0) is 6.42 Å². The molecular formula is C9H13NOS2. The van der Waals surface area contributed by atoms with E-state index in [4.69, 9.17) is 0 Å². The maximum absolute atomic E-state index is 9.87. The topological polar surface area (TPSA) is 33.1 Å². The van der Waals surface area contributed by atoms with E-state index in [-0.39, 0.29) is 6.10 Å². The van der Waals surface area contributed by atoms with Gasteiger partial charge in [-0.2, -0.15) is 11.8 Å². The van der Waals surface area contributed by atoms with Crippen LogP contribution in [0.2, 0.25) is 0 Å². The fourth-order valence-electron chi connectivity index (χ4n) is 1.57. The standard InChI is InChI=1S/C9H13NOS2/c11-7(8-2-1-4-12-8)6-9-10-3-5-13-9/h3,5,7-8,11H,1-2,4,6H2. The Morgan fingerprint density at radius 2 is 2.62 bits per heavy atom. The van der Waals surface area contributed by atoms with Gasteiger partial charge >= 0.3 is 0 Å². The molecule has 4 heteroatoms. The van der Waals surface area contributed by atoms with Crippen LogP contribution >= 0.6 is 23.1 Å². The molecule has 0 aliphatic carbocycles. The first-order valence-electron chi connectivity index (χ1n) is 4.54. The van der Waals surface area contributed by atoms with Crippen molar-refractivity contribution in [2.45, 2.75) is 30.6 Å². The number of hydrogen-bond donors (Lipinski definition) is 1. The number of aliphatic hydroxyl groups excluding tert-OH is 1. The van der Waals surface area contributed by atoms with Gasteiger partial charge in [-0.3, -0.25) is 0 Å². The van der Waals surface area contributed by atoms with Gasteiger partial charge in [0, 0.05) is 23.2 Å². The zero-order valence-corrected chi connectivity index (χ0v) is 8.98. The summed E-state index contributed by atoms with van der Waals surface area (Å²) in [6.45, 7) is 0. The third-order valence-corrected chi connectivity index (χ3v) is 4.57. The Hall–Kier alpha value is -0.0600. The lowest BCUT2D eigenvalue weighted by atomic mass is 10.1. The SMILES string of the molecule is OC(Cc1nccs1)C1CCCS1. The van der Waals surface area contributed by atoms with Gasteiger partial charge in [0.25, 0.3) is 0 Å². The van der Waals surface area contributed by atoms with Gasteiger partial charge in [0.2, 0.25) is 0 Å². The summed E-state index contributed by atoms with van der Waals surface area (Å²) in [4.78, 5) is 4.18. The molecule has 1 aliphatic heterocycles. The van der Waals surface area contributed by atoms with E-state index in [0.717, 1.165) is 17.8 Å². The van der Waals surface area contributed by atoms with Crippen molar-refractivity contribution in [3.8, 4) is 0 Å². The van der Waals surface area contributed by atoms with Crippen LogP contribution in [0, 0.1) is 0 Å². The van der Waals surface area contributed by atoms with Crippen molar-refractivity contribution in [1.29, 1.82) is 0 Å². The Labute approximate surface area is 86.4 Å². The van der Waals surface area contributed by atoms with Crippen molar-refractivity contribution in [3.05, 3.63) is 16.6 Å². The first-order chi connectivity index (χ1) is 6.36. The third kappa shape index (κ3) is 2.45. The molecule has 2 heterocycles. The van der Waals surface area contributed by atoms with Gasteiger partial charge < -0.3 is 5.11 Å². The second-order valence-corrected chi connectivity index (χ2v) is 5.57. The summed E-state index contributed by atoms with van der Waals surface area (Å²) in [5.74, 6) is 1.21. The zero-order chi connectivity index (χ0) is 9.10. The van der Waals surface area contributed by atoms with Crippen LogP contribution in [0.4, 0.5) is 0 Å². The molecule has 0 spiro atoms. The highest BCUT2D eigenvalue weighted by Crippen LogP contribution is 2.30. The first-order valence-corrected chi connectivity index (χ1v) is 6.47. The molecule has 1 aliphatic rings. The second-order valence-electron chi connectivity index (χ2n) is 3.25. The molecule has 13 heavy (non-hydrogen) atoms. The highest BCUT2D eigenvalue weighted by atomic mass is 32.2. The molecule has 72 valence electrons. The normalized spacial score (nSPS) is 24.8. The summed E-state index contributed by atoms with van der Waals surface area (Å²) in [5.41, 5.74) is 0.